The van der Waals surface area contributed by atoms with Crippen molar-refractivity contribution in [3.05, 3.63) is 0 Å². The Kier molecular flexibility index (Phi) is 10.2. The summed E-state index contributed by atoms with van der Waals surface area (Å²) in [6, 6.07) is 0.586. The van der Waals surface area contributed by atoms with Gasteiger partial charge >= 0.3 is 5.97 Å². The van der Waals surface area contributed by atoms with Gasteiger partial charge in [0.1, 0.15) is 0 Å². The van der Waals surface area contributed by atoms with Crippen LogP contribution in [0.25, 0.3) is 0 Å². The van der Waals surface area contributed by atoms with Crippen LogP contribution in [-0.2, 0) is 9.53 Å². The van der Waals surface area contributed by atoms with Crippen LogP contribution in [0.4, 0.5) is 0 Å². The van der Waals surface area contributed by atoms with E-state index < -0.39 is 0 Å². The van der Waals surface area contributed by atoms with Gasteiger partial charge in [-0.15, -0.1) is 0 Å². The lowest BCUT2D eigenvalue weighted by Crippen LogP contribution is -2.31. The van der Waals surface area contributed by atoms with Crippen LogP contribution in [0.1, 0.15) is 33.1 Å². The minimum atomic E-state index is -0.113. The van der Waals surface area contributed by atoms with Crippen LogP contribution in [0.15, 0.2) is 0 Å². The van der Waals surface area contributed by atoms with Crippen molar-refractivity contribution >= 4 is 17.7 Å². The number of carbonyl (C=O) groups excluding carboxylic acids is 1. The third-order valence-corrected chi connectivity index (χ3v) is 3.26. The van der Waals surface area contributed by atoms with Gasteiger partial charge in [-0.05, 0) is 13.0 Å². The maximum atomic E-state index is 10.9. The van der Waals surface area contributed by atoms with Crippen LogP contribution in [0.2, 0.25) is 0 Å². The molecule has 0 heterocycles. The zero-order valence-electron chi connectivity index (χ0n) is 10.0. The minimum absolute atomic E-state index is 0.113. The van der Waals surface area contributed by atoms with E-state index in [0.29, 0.717) is 12.5 Å². The molecule has 15 heavy (non-hydrogen) atoms. The first kappa shape index (κ1) is 14.8. The Balaban J connectivity index is 3.48. The lowest BCUT2D eigenvalue weighted by Gasteiger charge is -2.16. The maximum absolute atomic E-state index is 10.9. The highest BCUT2D eigenvalue weighted by Gasteiger charge is 2.06. The number of nitrogens with one attached hydrogen (secondary N) is 1. The van der Waals surface area contributed by atoms with Gasteiger partial charge in [-0.1, -0.05) is 20.3 Å². The first-order valence-electron chi connectivity index (χ1n) is 5.62. The molecular weight excluding hydrogens is 210 g/mol. The van der Waals surface area contributed by atoms with Gasteiger partial charge < -0.3 is 10.1 Å². The number of esters is 1. The number of rotatable bonds is 9. The Morgan fingerprint density at radius 1 is 1.47 bits per heavy atom. The predicted molar refractivity (Wildman–Crippen MR) is 66.3 cm³/mol. The van der Waals surface area contributed by atoms with Gasteiger partial charge in [-0.2, -0.15) is 11.8 Å². The van der Waals surface area contributed by atoms with E-state index in [4.69, 9.17) is 0 Å². The Morgan fingerprint density at radius 3 is 2.73 bits per heavy atom. The van der Waals surface area contributed by atoms with E-state index in [2.05, 4.69) is 23.9 Å². The SMILES string of the molecule is CCCC(CSCCC(=O)OC)NCC. The number of ether oxygens (including phenoxy) is 1. The molecule has 0 aromatic rings. The molecule has 1 unspecified atom stereocenters. The zero-order valence-corrected chi connectivity index (χ0v) is 10.9. The summed E-state index contributed by atoms with van der Waals surface area (Å²) < 4.78 is 4.58. The van der Waals surface area contributed by atoms with E-state index in [0.717, 1.165) is 18.1 Å². The summed E-state index contributed by atoms with van der Waals surface area (Å²) in [5, 5.41) is 3.45. The second-order valence-electron chi connectivity index (χ2n) is 3.44. The molecule has 4 heteroatoms. The average Bonchev–Trinajstić information content (AvgIpc) is 2.24. The highest BCUT2D eigenvalue weighted by molar-refractivity contribution is 7.99. The van der Waals surface area contributed by atoms with Crippen molar-refractivity contribution in [3.63, 3.8) is 0 Å². The van der Waals surface area contributed by atoms with Crippen LogP contribution >= 0.6 is 11.8 Å². The van der Waals surface area contributed by atoms with E-state index in [1.807, 2.05) is 11.8 Å². The lowest BCUT2D eigenvalue weighted by molar-refractivity contribution is -0.140. The smallest absolute Gasteiger partial charge is 0.306 e. The molecule has 0 aromatic heterocycles. The molecule has 0 bridgehead atoms. The molecule has 0 aliphatic rings. The Hall–Kier alpha value is -0.220. The van der Waals surface area contributed by atoms with Gasteiger partial charge in [0.05, 0.1) is 13.5 Å². The summed E-state index contributed by atoms with van der Waals surface area (Å²) in [5.41, 5.74) is 0. The molecule has 0 radical (unpaired) electrons. The second-order valence-corrected chi connectivity index (χ2v) is 4.59. The van der Waals surface area contributed by atoms with Crippen molar-refractivity contribution < 1.29 is 9.53 Å². The van der Waals surface area contributed by atoms with Crippen LogP contribution in [0, 0.1) is 0 Å². The standard InChI is InChI=1S/C11H23NO2S/c1-4-6-10(12-5-2)9-15-8-7-11(13)14-3/h10,12H,4-9H2,1-3H3. The van der Waals surface area contributed by atoms with Crippen LogP contribution in [0.5, 0.6) is 0 Å². The molecule has 1 N–H and O–H groups in total. The predicted octanol–water partition coefficient (Wildman–Crippen LogP) is 2.06. The molecular formula is C11H23NO2S. The van der Waals surface area contributed by atoms with Crippen LogP contribution < -0.4 is 5.32 Å². The molecule has 90 valence electrons. The fourth-order valence-electron chi connectivity index (χ4n) is 1.36. The highest BCUT2D eigenvalue weighted by atomic mass is 32.2. The summed E-state index contributed by atoms with van der Waals surface area (Å²) in [6.07, 6.45) is 2.93. The monoisotopic (exact) mass is 233 g/mol. The third kappa shape index (κ3) is 8.75. The highest BCUT2D eigenvalue weighted by Crippen LogP contribution is 2.09. The topological polar surface area (TPSA) is 38.3 Å². The molecule has 0 fully saturated rings. The van der Waals surface area contributed by atoms with Crippen molar-refractivity contribution in [2.45, 2.75) is 39.2 Å². The van der Waals surface area contributed by atoms with Crippen molar-refractivity contribution in [2.24, 2.45) is 0 Å². The summed E-state index contributed by atoms with van der Waals surface area (Å²) in [6.45, 7) is 5.34. The summed E-state index contributed by atoms with van der Waals surface area (Å²) in [5.74, 6) is 1.83. The van der Waals surface area contributed by atoms with E-state index in [-0.39, 0.29) is 5.97 Å². The summed E-state index contributed by atoms with van der Waals surface area (Å²) >= 11 is 1.82. The summed E-state index contributed by atoms with van der Waals surface area (Å²) in [4.78, 5) is 10.9. The van der Waals surface area contributed by atoms with Crippen LogP contribution in [-0.4, -0.2) is 37.2 Å². The van der Waals surface area contributed by atoms with Gasteiger partial charge in [-0.25, -0.2) is 0 Å². The fraction of sp³-hybridized carbons (Fsp3) is 0.909. The minimum Gasteiger partial charge on any atom is -0.469 e. The van der Waals surface area contributed by atoms with E-state index >= 15 is 0 Å². The number of carbonyl (C=O) groups is 1. The molecule has 0 saturated heterocycles. The molecule has 0 amide bonds. The molecule has 0 rings (SSSR count). The van der Waals surface area contributed by atoms with Gasteiger partial charge in [-0.3, -0.25) is 4.79 Å². The second kappa shape index (κ2) is 10.3. The number of thioether (sulfide) groups is 1. The maximum Gasteiger partial charge on any atom is 0.306 e. The Labute approximate surface area is 97.3 Å². The van der Waals surface area contributed by atoms with E-state index in [9.17, 15) is 4.79 Å². The van der Waals surface area contributed by atoms with Crippen LogP contribution in [0.3, 0.4) is 0 Å². The first-order chi connectivity index (χ1) is 7.24. The van der Waals surface area contributed by atoms with Gasteiger partial charge in [0.25, 0.3) is 0 Å². The van der Waals surface area contributed by atoms with Crippen molar-refractivity contribution in [2.75, 3.05) is 25.2 Å². The molecule has 0 aromatic carbocycles. The molecule has 0 aliphatic heterocycles. The number of methoxy groups -OCH3 is 1. The van der Waals surface area contributed by atoms with Gasteiger partial charge in [0.2, 0.25) is 0 Å². The molecule has 3 nitrogen and oxygen atoms in total. The number of hydrogen-bond acceptors (Lipinski definition) is 4. The first-order valence-corrected chi connectivity index (χ1v) is 6.78. The zero-order chi connectivity index (χ0) is 11.5. The third-order valence-electron chi connectivity index (χ3n) is 2.13. The van der Waals surface area contributed by atoms with E-state index in [1.165, 1.54) is 20.0 Å². The largest absolute Gasteiger partial charge is 0.469 e. The molecule has 1 atom stereocenters. The van der Waals surface area contributed by atoms with Crippen molar-refractivity contribution in [1.29, 1.82) is 0 Å². The molecule has 0 saturated carbocycles. The fourth-order valence-corrected chi connectivity index (χ4v) is 2.41. The van der Waals surface area contributed by atoms with Crippen molar-refractivity contribution in [1.82, 2.24) is 5.32 Å². The lowest BCUT2D eigenvalue weighted by atomic mass is 10.2. The number of hydrogen-bond donors (Lipinski definition) is 1. The van der Waals surface area contributed by atoms with Gasteiger partial charge in [0.15, 0.2) is 0 Å². The summed E-state index contributed by atoms with van der Waals surface area (Å²) in [7, 11) is 1.44. The molecule has 0 aliphatic carbocycles. The Bertz CT molecular complexity index is 159. The van der Waals surface area contributed by atoms with Crippen molar-refractivity contribution in [3.8, 4) is 0 Å². The van der Waals surface area contributed by atoms with E-state index in [1.54, 1.807) is 0 Å². The normalized spacial score (nSPS) is 12.5. The Morgan fingerprint density at radius 2 is 2.20 bits per heavy atom. The molecule has 0 spiro atoms. The van der Waals surface area contributed by atoms with Gasteiger partial charge in [0, 0.05) is 17.5 Å². The average molecular weight is 233 g/mol. The quantitative estimate of drug-likeness (QED) is 0.489.